The van der Waals surface area contributed by atoms with Crippen molar-refractivity contribution in [1.29, 1.82) is 0 Å². The first-order chi connectivity index (χ1) is 15.9. The lowest BCUT2D eigenvalue weighted by Crippen LogP contribution is -2.41. The average molecular weight is 458 g/mol. The number of hydrogen-bond acceptors (Lipinski definition) is 7. The van der Waals surface area contributed by atoms with E-state index in [0.29, 0.717) is 42.8 Å². The number of rotatable bonds is 8. The predicted octanol–water partition coefficient (Wildman–Crippen LogP) is 2.04. The van der Waals surface area contributed by atoms with Gasteiger partial charge in [-0.25, -0.2) is 4.79 Å². The highest BCUT2D eigenvalue weighted by atomic mass is 16.5. The molecule has 2 aromatic rings. The second kappa shape index (κ2) is 9.84. The van der Waals surface area contributed by atoms with E-state index < -0.39 is 11.4 Å². The van der Waals surface area contributed by atoms with E-state index in [0.717, 1.165) is 44.0 Å². The van der Waals surface area contributed by atoms with Gasteiger partial charge in [0.2, 0.25) is 0 Å². The Bertz CT molecular complexity index is 1070. The molecule has 0 aliphatic carbocycles. The van der Waals surface area contributed by atoms with Crippen LogP contribution in [0.5, 0.6) is 11.5 Å². The molecule has 33 heavy (non-hydrogen) atoms. The van der Waals surface area contributed by atoms with Gasteiger partial charge < -0.3 is 24.3 Å². The average Bonchev–Trinajstić information content (AvgIpc) is 2.78. The molecular formula is C24H31N3O6. The first-order valence-corrected chi connectivity index (χ1v) is 11.3. The Kier molecular flexibility index (Phi) is 6.90. The largest absolute Gasteiger partial charge is 0.493 e. The maximum atomic E-state index is 12.5. The number of hydrogen-bond donors (Lipinski definition) is 1. The molecule has 0 bridgehead atoms. The summed E-state index contributed by atoms with van der Waals surface area (Å²) in [4.78, 5) is 26.4. The maximum Gasteiger partial charge on any atom is 0.341 e. The number of methoxy groups -OCH3 is 1. The fraction of sp³-hybridized carbons (Fsp3) is 0.500. The first-order valence-electron chi connectivity index (χ1n) is 11.3. The maximum absolute atomic E-state index is 12.5. The number of fused-ring (bicyclic) bond motifs is 3. The van der Waals surface area contributed by atoms with Gasteiger partial charge in [0.1, 0.15) is 12.2 Å². The Labute approximate surface area is 193 Å². The summed E-state index contributed by atoms with van der Waals surface area (Å²) < 4.78 is 18.9. The standard InChI is InChI=1S/C24H31N3O6/c1-16(2)13-26-14-17-10-23(33-9-6-25-4-7-32-8-5-25)22(31-3)11-18(17)20-12-21(28)19(24(29)30)15-27(20)26/h10-12,15-16H,4-9,13-14H2,1-3H3,(H,29,30). The fourth-order valence-corrected chi connectivity index (χ4v) is 4.32. The molecule has 0 amide bonds. The Morgan fingerprint density at radius 2 is 1.94 bits per heavy atom. The third-order valence-electron chi connectivity index (χ3n) is 5.93. The van der Waals surface area contributed by atoms with Crippen molar-refractivity contribution >= 4 is 5.97 Å². The molecule has 0 unspecified atom stereocenters. The van der Waals surface area contributed by atoms with E-state index in [1.807, 2.05) is 12.1 Å². The van der Waals surface area contributed by atoms with Crippen molar-refractivity contribution in [3.05, 3.63) is 45.7 Å². The zero-order chi connectivity index (χ0) is 23.5. The summed E-state index contributed by atoms with van der Waals surface area (Å²) >= 11 is 0. The van der Waals surface area contributed by atoms with Crippen LogP contribution in [-0.4, -0.2) is 73.8 Å². The van der Waals surface area contributed by atoms with Crippen LogP contribution < -0.4 is 19.9 Å². The van der Waals surface area contributed by atoms with Gasteiger partial charge in [-0.1, -0.05) is 13.8 Å². The molecule has 2 aliphatic heterocycles. The first kappa shape index (κ1) is 23.1. The molecule has 178 valence electrons. The van der Waals surface area contributed by atoms with Crippen molar-refractivity contribution < 1.29 is 24.1 Å². The Morgan fingerprint density at radius 1 is 1.18 bits per heavy atom. The summed E-state index contributed by atoms with van der Waals surface area (Å²) in [6.45, 7) is 10.1. The van der Waals surface area contributed by atoms with Gasteiger partial charge in [-0.05, 0) is 23.6 Å². The molecule has 1 saturated heterocycles. The highest BCUT2D eigenvalue weighted by Crippen LogP contribution is 2.38. The number of ether oxygens (including phenoxy) is 3. The molecule has 0 radical (unpaired) electrons. The molecule has 4 rings (SSSR count). The lowest BCUT2D eigenvalue weighted by Gasteiger charge is -2.36. The summed E-state index contributed by atoms with van der Waals surface area (Å²) in [5.74, 6) is 0.350. The minimum absolute atomic E-state index is 0.244. The van der Waals surface area contributed by atoms with Crippen LogP contribution >= 0.6 is 0 Å². The summed E-state index contributed by atoms with van der Waals surface area (Å²) in [5, 5.41) is 11.5. The van der Waals surface area contributed by atoms with E-state index in [1.54, 1.807) is 11.8 Å². The van der Waals surface area contributed by atoms with Crippen LogP contribution in [0.2, 0.25) is 0 Å². The lowest BCUT2D eigenvalue weighted by atomic mass is 9.99. The van der Waals surface area contributed by atoms with Crippen LogP contribution in [0.3, 0.4) is 0 Å². The highest BCUT2D eigenvalue weighted by Gasteiger charge is 2.26. The monoisotopic (exact) mass is 457 g/mol. The van der Waals surface area contributed by atoms with Crippen molar-refractivity contribution in [3.8, 4) is 22.8 Å². The van der Waals surface area contributed by atoms with E-state index in [1.165, 1.54) is 12.3 Å². The fourth-order valence-electron chi connectivity index (χ4n) is 4.32. The number of benzene rings is 1. The van der Waals surface area contributed by atoms with Crippen LogP contribution in [0.15, 0.2) is 29.2 Å². The van der Waals surface area contributed by atoms with Gasteiger partial charge >= 0.3 is 5.97 Å². The van der Waals surface area contributed by atoms with Crippen molar-refractivity contribution in [2.75, 3.05) is 58.1 Å². The molecule has 1 fully saturated rings. The number of aromatic carboxylic acids is 1. The van der Waals surface area contributed by atoms with Crippen molar-refractivity contribution in [2.24, 2.45) is 5.92 Å². The molecule has 0 spiro atoms. The summed E-state index contributed by atoms with van der Waals surface area (Å²) in [7, 11) is 1.59. The van der Waals surface area contributed by atoms with E-state index in [-0.39, 0.29) is 5.56 Å². The number of carboxylic acid groups (broad SMARTS) is 1. The van der Waals surface area contributed by atoms with Crippen LogP contribution in [0.1, 0.15) is 29.8 Å². The molecular weight excluding hydrogens is 426 g/mol. The summed E-state index contributed by atoms with van der Waals surface area (Å²) in [5.41, 5.74) is 1.72. The Balaban J connectivity index is 1.67. The molecule has 3 heterocycles. The third-order valence-corrected chi connectivity index (χ3v) is 5.93. The normalized spacial score (nSPS) is 15.8. The number of carboxylic acids is 1. The molecule has 9 nitrogen and oxygen atoms in total. The van der Waals surface area contributed by atoms with Crippen LogP contribution in [0.25, 0.3) is 11.3 Å². The van der Waals surface area contributed by atoms with Gasteiger partial charge in [0.25, 0.3) is 0 Å². The van der Waals surface area contributed by atoms with E-state index in [4.69, 9.17) is 14.2 Å². The molecule has 0 saturated carbocycles. The zero-order valence-electron chi connectivity index (χ0n) is 19.4. The van der Waals surface area contributed by atoms with Crippen LogP contribution in [-0.2, 0) is 11.3 Å². The quantitative estimate of drug-likeness (QED) is 0.644. The molecule has 2 aliphatic rings. The van der Waals surface area contributed by atoms with Crippen LogP contribution in [0.4, 0.5) is 0 Å². The number of carbonyl (C=O) groups is 1. The smallest absolute Gasteiger partial charge is 0.341 e. The Hall–Kier alpha value is -3.04. The number of morpholine rings is 1. The number of pyridine rings is 1. The minimum atomic E-state index is -1.23. The topological polar surface area (TPSA) is 93.5 Å². The molecule has 9 heteroatoms. The molecule has 1 N–H and O–H groups in total. The third kappa shape index (κ3) is 4.99. The highest BCUT2D eigenvalue weighted by molar-refractivity contribution is 5.88. The van der Waals surface area contributed by atoms with Crippen molar-refractivity contribution in [2.45, 2.75) is 20.4 Å². The second-order valence-corrected chi connectivity index (χ2v) is 8.79. The van der Waals surface area contributed by atoms with Gasteiger partial charge in [0.15, 0.2) is 16.9 Å². The van der Waals surface area contributed by atoms with Gasteiger partial charge in [-0.2, -0.15) is 0 Å². The minimum Gasteiger partial charge on any atom is -0.493 e. The van der Waals surface area contributed by atoms with Crippen molar-refractivity contribution in [1.82, 2.24) is 9.58 Å². The van der Waals surface area contributed by atoms with Gasteiger partial charge in [-0.3, -0.25) is 14.4 Å². The van der Waals surface area contributed by atoms with Crippen LogP contribution in [0, 0.1) is 5.92 Å². The van der Waals surface area contributed by atoms with E-state index in [2.05, 4.69) is 23.8 Å². The van der Waals surface area contributed by atoms with Gasteiger partial charge in [0.05, 0.1) is 32.6 Å². The molecule has 1 aromatic carbocycles. The summed E-state index contributed by atoms with van der Waals surface area (Å²) in [6.07, 6.45) is 1.42. The SMILES string of the molecule is COc1cc2c(cc1OCCN1CCOCC1)CN(CC(C)C)n1cc(C(=O)O)c(=O)cc1-2. The van der Waals surface area contributed by atoms with Crippen molar-refractivity contribution in [3.63, 3.8) is 0 Å². The van der Waals surface area contributed by atoms with E-state index in [9.17, 15) is 14.7 Å². The Morgan fingerprint density at radius 3 is 2.61 bits per heavy atom. The van der Waals surface area contributed by atoms with Gasteiger partial charge in [-0.15, -0.1) is 0 Å². The lowest BCUT2D eigenvalue weighted by molar-refractivity contribution is 0.0321. The van der Waals surface area contributed by atoms with Gasteiger partial charge in [0, 0.05) is 44.0 Å². The summed E-state index contributed by atoms with van der Waals surface area (Å²) in [6, 6.07) is 5.24. The number of aromatic nitrogens is 1. The molecule has 1 aromatic heterocycles. The predicted molar refractivity (Wildman–Crippen MR) is 124 cm³/mol. The zero-order valence-corrected chi connectivity index (χ0v) is 19.4. The number of nitrogens with zero attached hydrogens (tertiary/aromatic N) is 3. The second-order valence-electron chi connectivity index (χ2n) is 8.79. The molecule has 0 atom stereocenters. The van der Waals surface area contributed by atoms with E-state index >= 15 is 0 Å².